The molecule has 0 aliphatic rings. The predicted molar refractivity (Wildman–Crippen MR) is 76.5 cm³/mol. The lowest BCUT2D eigenvalue weighted by Gasteiger charge is -2.21. The van der Waals surface area contributed by atoms with Crippen LogP contribution in [0.25, 0.3) is 0 Å². The van der Waals surface area contributed by atoms with Crippen molar-refractivity contribution in [2.45, 2.75) is 39.4 Å². The van der Waals surface area contributed by atoms with E-state index in [1.54, 1.807) is 0 Å². The molecule has 0 atom stereocenters. The van der Waals surface area contributed by atoms with Crippen LogP contribution in [0, 0.1) is 11.6 Å². The number of nitrogens with zero attached hydrogens (tertiary/aromatic N) is 1. The Morgan fingerprint density at radius 3 is 2.30 bits per heavy atom. The quantitative estimate of drug-likeness (QED) is 0.902. The Morgan fingerprint density at radius 1 is 1.05 bits per heavy atom. The van der Waals surface area contributed by atoms with Gasteiger partial charge in [-0.25, -0.2) is 8.78 Å². The van der Waals surface area contributed by atoms with Gasteiger partial charge in [0.1, 0.15) is 11.6 Å². The third-order valence-corrected chi connectivity index (χ3v) is 3.11. The van der Waals surface area contributed by atoms with Crippen molar-refractivity contribution in [1.82, 2.24) is 9.88 Å². The highest BCUT2D eigenvalue weighted by atomic mass is 19.1. The van der Waals surface area contributed by atoms with Gasteiger partial charge in [0.2, 0.25) is 0 Å². The second-order valence-electron chi connectivity index (χ2n) is 5.93. The van der Waals surface area contributed by atoms with Crippen molar-refractivity contribution in [3.63, 3.8) is 0 Å². The zero-order chi connectivity index (χ0) is 14.8. The van der Waals surface area contributed by atoms with Crippen LogP contribution in [0.2, 0.25) is 0 Å². The molecule has 1 N–H and O–H groups in total. The van der Waals surface area contributed by atoms with E-state index in [9.17, 15) is 8.78 Å². The Hall–Kier alpha value is -1.68. The van der Waals surface area contributed by atoms with Gasteiger partial charge >= 0.3 is 0 Å². The van der Waals surface area contributed by atoms with Crippen molar-refractivity contribution in [1.29, 1.82) is 0 Å². The van der Waals surface area contributed by atoms with Gasteiger partial charge in [0.05, 0.1) is 6.54 Å². The number of aromatic nitrogens is 1. The Labute approximate surface area is 118 Å². The summed E-state index contributed by atoms with van der Waals surface area (Å²) < 4.78 is 29.2. The summed E-state index contributed by atoms with van der Waals surface area (Å²) in [7, 11) is 0. The van der Waals surface area contributed by atoms with Gasteiger partial charge in [0.15, 0.2) is 0 Å². The van der Waals surface area contributed by atoms with Crippen LogP contribution in [0.5, 0.6) is 0 Å². The lowest BCUT2D eigenvalue weighted by atomic mass is 10.1. The van der Waals surface area contributed by atoms with Gasteiger partial charge in [-0.1, -0.05) is 6.07 Å². The molecule has 1 aromatic carbocycles. The molecular weight excluding hydrogens is 258 g/mol. The Balaban J connectivity index is 2.17. The minimum atomic E-state index is -0.506. The van der Waals surface area contributed by atoms with Crippen LogP contribution in [0.1, 0.15) is 32.0 Å². The molecule has 0 spiro atoms. The summed E-state index contributed by atoms with van der Waals surface area (Å²) in [5.41, 5.74) is 1.10. The lowest BCUT2D eigenvalue weighted by molar-refractivity contribution is 0.416. The van der Waals surface area contributed by atoms with E-state index < -0.39 is 11.6 Å². The summed E-state index contributed by atoms with van der Waals surface area (Å²) in [4.78, 5) is 0. The first-order valence-corrected chi connectivity index (χ1v) is 6.69. The zero-order valence-corrected chi connectivity index (χ0v) is 12.1. The molecule has 2 rings (SSSR count). The molecule has 0 aliphatic heterocycles. The highest BCUT2D eigenvalue weighted by molar-refractivity contribution is 5.21. The fourth-order valence-electron chi connectivity index (χ4n) is 1.97. The van der Waals surface area contributed by atoms with Crippen LogP contribution in [0.15, 0.2) is 36.5 Å². The Bertz CT molecular complexity index is 562. The molecule has 0 fully saturated rings. The molecule has 2 aromatic rings. The predicted octanol–water partition coefficient (Wildman–Crippen LogP) is 3.70. The summed E-state index contributed by atoms with van der Waals surface area (Å²) in [6.07, 6.45) is 1.84. The van der Waals surface area contributed by atoms with E-state index in [0.717, 1.165) is 5.69 Å². The minimum absolute atomic E-state index is 0.00164. The molecule has 0 radical (unpaired) electrons. The first-order chi connectivity index (χ1) is 9.37. The van der Waals surface area contributed by atoms with Gasteiger partial charge in [-0.3, -0.25) is 0 Å². The van der Waals surface area contributed by atoms with E-state index >= 15 is 0 Å². The van der Waals surface area contributed by atoms with Crippen LogP contribution >= 0.6 is 0 Å². The van der Waals surface area contributed by atoms with Crippen LogP contribution in [-0.4, -0.2) is 10.1 Å². The van der Waals surface area contributed by atoms with E-state index in [0.29, 0.717) is 6.54 Å². The van der Waals surface area contributed by atoms with Gasteiger partial charge in [-0.15, -0.1) is 0 Å². The molecule has 0 saturated heterocycles. The fraction of sp³-hybridized carbons (Fsp3) is 0.375. The monoisotopic (exact) mass is 278 g/mol. The van der Waals surface area contributed by atoms with Gasteiger partial charge in [0.25, 0.3) is 0 Å². The molecular formula is C16H20F2N2. The molecule has 1 aromatic heterocycles. The van der Waals surface area contributed by atoms with Crippen molar-refractivity contribution in [3.8, 4) is 0 Å². The number of nitrogens with one attached hydrogen (secondary N) is 1. The van der Waals surface area contributed by atoms with Crippen molar-refractivity contribution in [2.24, 2.45) is 0 Å². The summed E-state index contributed by atoms with van der Waals surface area (Å²) in [5.74, 6) is -1.01. The summed E-state index contributed by atoms with van der Waals surface area (Å²) >= 11 is 0. The maximum absolute atomic E-state index is 13.7. The van der Waals surface area contributed by atoms with Crippen molar-refractivity contribution in [2.75, 3.05) is 0 Å². The second-order valence-corrected chi connectivity index (χ2v) is 5.93. The van der Waals surface area contributed by atoms with Gasteiger partial charge in [0, 0.05) is 29.5 Å². The average molecular weight is 278 g/mol. The van der Waals surface area contributed by atoms with E-state index in [4.69, 9.17) is 0 Å². The first-order valence-electron chi connectivity index (χ1n) is 6.69. The van der Waals surface area contributed by atoms with Crippen LogP contribution < -0.4 is 5.32 Å². The fourth-order valence-corrected chi connectivity index (χ4v) is 1.97. The first kappa shape index (κ1) is 14.7. The lowest BCUT2D eigenvalue weighted by Crippen LogP contribution is -2.35. The molecule has 0 aliphatic carbocycles. The molecule has 0 saturated carbocycles. The molecule has 0 unspecified atom stereocenters. The van der Waals surface area contributed by atoms with Gasteiger partial charge in [-0.2, -0.15) is 0 Å². The van der Waals surface area contributed by atoms with Crippen LogP contribution in [0.3, 0.4) is 0 Å². The number of rotatable bonds is 4. The van der Waals surface area contributed by atoms with E-state index in [-0.39, 0.29) is 17.6 Å². The molecule has 20 heavy (non-hydrogen) atoms. The normalized spacial score (nSPS) is 11.8. The number of benzene rings is 1. The zero-order valence-electron chi connectivity index (χ0n) is 12.1. The van der Waals surface area contributed by atoms with Crippen molar-refractivity contribution in [3.05, 3.63) is 59.4 Å². The molecule has 4 heteroatoms. The standard InChI is InChI=1S/C16H20F2N2/c1-16(2,3)19-10-12-6-5-9-20(12)11-13-14(17)7-4-8-15(13)18/h4-9,19H,10-11H2,1-3H3. The number of hydrogen-bond donors (Lipinski definition) is 1. The molecule has 1 heterocycles. The highest BCUT2D eigenvalue weighted by Gasteiger charge is 2.13. The maximum atomic E-state index is 13.7. The van der Waals surface area contributed by atoms with E-state index in [1.807, 2.05) is 22.9 Å². The number of hydrogen-bond acceptors (Lipinski definition) is 1. The second kappa shape index (κ2) is 5.75. The SMILES string of the molecule is CC(C)(C)NCc1cccn1Cc1c(F)cccc1F. The van der Waals surface area contributed by atoms with Crippen LogP contribution in [0.4, 0.5) is 8.78 Å². The van der Waals surface area contributed by atoms with Gasteiger partial charge < -0.3 is 9.88 Å². The largest absolute Gasteiger partial charge is 0.346 e. The molecule has 2 nitrogen and oxygen atoms in total. The summed E-state index contributed by atoms with van der Waals surface area (Å²) in [6, 6.07) is 7.80. The van der Waals surface area contributed by atoms with E-state index in [2.05, 4.69) is 26.1 Å². The third-order valence-electron chi connectivity index (χ3n) is 3.11. The molecule has 0 bridgehead atoms. The topological polar surface area (TPSA) is 17.0 Å². The summed E-state index contributed by atoms with van der Waals surface area (Å²) in [5, 5.41) is 3.37. The molecule has 108 valence electrons. The highest BCUT2D eigenvalue weighted by Crippen LogP contribution is 2.15. The Morgan fingerprint density at radius 2 is 1.70 bits per heavy atom. The third kappa shape index (κ3) is 3.67. The van der Waals surface area contributed by atoms with E-state index in [1.165, 1.54) is 18.2 Å². The summed E-state index contributed by atoms with van der Waals surface area (Å²) in [6.45, 7) is 7.10. The smallest absolute Gasteiger partial charge is 0.131 e. The number of halogens is 2. The minimum Gasteiger partial charge on any atom is -0.346 e. The van der Waals surface area contributed by atoms with Crippen molar-refractivity contribution < 1.29 is 8.78 Å². The van der Waals surface area contributed by atoms with Crippen molar-refractivity contribution >= 4 is 0 Å². The average Bonchev–Trinajstić information content (AvgIpc) is 2.78. The molecule has 0 amide bonds. The van der Waals surface area contributed by atoms with Crippen LogP contribution in [-0.2, 0) is 13.1 Å². The van der Waals surface area contributed by atoms with Gasteiger partial charge in [-0.05, 0) is 45.0 Å². The maximum Gasteiger partial charge on any atom is 0.131 e. The Kier molecular flexibility index (Phi) is 4.23.